The summed E-state index contributed by atoms with van der Waals surface area (Å²) in [7, 11) is 0. The molecule has 0 aliphatic rings. The van der Waals surface area contributed by atoms with Gasteiger partial charge in [-0.3, -0.25) is 10.1 Å². The predicted octanol–water partition coefficient (Wildman–Crippen LogP) is 2.09. The number of aryl methyl sites for hydroxylation is 1. The van der Waals surface area contributed by atoms with E-state index in [1.807, 2.05) is 0 Å². The molecule has 0 unspecified atom stereocenters. The van der Waals surface area contributed by atoms with Gasteiger partial charge in [-0.05, 0) is 25.8 Å². The molecule has 5 nitrogen and oxygen atoms in total. The normalized spacial score (nSPS) is 10.1. The highest BCUT2D eigenvalue weighted by atomic mass is 16.6. The average Bonchev–Trinajstić information content (AvgIpc) is 2.24. The van der Waals surface area contributed by atoms with E-state index in [4.69, 9.17) is 5.11 Å². The minimum atomic E-state index is -0.371. The van der Waals surface area contributed by atoms with Gasteiger partial charge in [0.05, 0.1) is 4.92 Å². The predicted molar refractivity (Wildman–Crippen MR) is 62.6 cm³/mol. The molecule has 0 heterocycles. The van der Waals surface area contributed by atoms with Crippen LogP contribution in [0.2, 0.25) is 0 Å². The second kappa shape index (κ2) is 6.07. The third-order valence-electron chi connectivity index (χ3n) is 2.32. The number of hydrogen-bond acceptors (Lipinski definition) is 4. The highest BCUT2D eigenvalue weighted by molar-refractivity contribution is 5.64. The van der Waals surface area contributed by atoms with Crippen LogP contribution >= 0.6 is 0 Å². The van der Waals surface area contributed by atoms with Crippen molar-refractivity contribution in [3.63, 3.8) is 0 Å². The number of nitrogens with one attached hydrogen (secondary N) is 1. The second-order valence-electron chi connectivity index (χ2n) is 3.59. The third-order valence-corrected chi connectivity index (χ3v) is 2.32. The van der Waals surface area contributed by atoms with Gasteiger partial charge < -0.3 is 10.4 Å². The monoisotopic (exact) mass is 224 g/mol. The van der Waals surface area contributed by atoms with E-state index in [0.717, 1.165) is 6.42 Å². The molecule has 5 heteroatoms. The van der Waals surface area contributed by atoms with E-state index in [1.165, 1.54) is 0 Å². The summed E-state index contributed by atoms with van der Waals surface area (Å²) < 4.78 is 0. The van der Waals surface area contributed by atoms with Crippen LogP contribution in [-0.2, 0) is 0 Å². The number of aliphatic hydroxyl groups is 1. The number of anilines is 1. The summed E-state index contributed by atoms with van der Waals surface area (Å²) >= 11 is 0. The first-order valence-corrected chi connectivity index (χ1v) is 5.25. The van der Waals surface area contributed by atoms with Gasteiger partial charge in [0.25, 0.3) is 5.69 Å². The SMILES string of the molecule is Cc1cccc(NCCCCO)c1[N+](=O)[O-]. The number of aliphatic hydroxyl groups excluding tert-OH is 1. The minimum absolute atomic E-state index is 0.131. The van der Waals surface area contributed by atoms with Crippen LogP contribution in [0, 0.1) is 17.0 Å². The molecule has 0 saturated carbocycles. The van der Waals surface area contributed by atoms with Crippen molar-refractivity contribution in [2.75, 3.05) is 18.5 Å². The zero-order chi connectivity index (χ0) is 12.0. The molecule has 1 aromatic carbocycles. The summed E-state index contributed by atoms with van der Waals surface area (Å²) in [6.45, 7) is 2.50. The molecule has 0 spiro atoms. The lowest BCUT2D eigenvalue weighted by molar-refractivity contribution is -0.384. The Bertz CT molecular complexity index is 366. The molecule has 88 valence electrons. The van der Waals surface area contributed by atoms with Crippen molar-refractivity contribution >= 4 is 11.4 Å². The lowest BCUT2D eigenvalue weighted by atomic mass is 10.1. The van der Waals surface area contributed by atoms with Crippen LogP contribution in [0.25, 0.3) is 0 Å². The van der Waals surface area contributed by atoms with Crippen LogP contribution < -0.4 is 5.32 Å². The zero-order valence-corrected chi connectivity index (χ0v) is 9.27. The minimum Gasteiger partial charge on any atom is -0.396 e. The number of benzene rings is 1. The topological polar surface area (TPSA) is 75.4 Å². The van der Waals surface area contributed by atoms with Crippen molar-refractivity contribution in [3.8, 4) is 0 Å². The number of hydrogen-bond donors (Lipinski definition) is 2. The van der Waals surface area contributed by atoms with Crippen LogP contribution in [0.15, 0.2) is 18.2 Å². The third kappa shape index (κ3) is 3.20. The Kier molecular flexibility index (Phi) is 4.72. The molecular weight excluding hydrogens is 208 g/mol. The average molecular weight is 224 g/mol. The molecule has 0 amide bonds. The molecule has 0 aliphatic carbocycles. The molecular formula is C11H16N2O3. The van der Waals surface area contributed by atoms with Crippen LogP contribution in [-0.4, -0.2) is 23.2 Å². The van der Waals surface area contributed by atoms with E-state index < -0.39 is 0 Å². The van der Waals surface area contributed by atoms with Crippen LogP contribution in [0.4, 0.5) is 11.4 Å². The number of nitro groups is 1. The summed E-state index contributed by atoms with van der Waals surface area (Å²) in [4.78, 5) is 10.5. The summed E-state index contributed by atoms with van der Waals surface area (Å²) in [5, 5.41) is 22.5. The smallest absolute Gasteiger partial charge is 0.295 e. The Morgan fingerprint density at radius 2 is 2.19 bits per heavy atom. The summed E-state index contributed by atoms with van der Waals surface area (Å²) in [5.41, 5.74) is 1.33. The molecule has 0 radical (unpaired) electrons. The molecule has 0 bridgehead atoms. The Labute approximate surface area is 94.3 Å². The van der Waals surface area contributed by atoms with E-state index >= 15 is 0 Å². The van der Waals surface area contributed by atoms with Gasteiger partial charge in [-0.2, -0.15) is 0 Å². The Balaban J connectivity index is 2.71. The summed E-state index contributed by atoms with van der Waals surface area (Å²) in [5.74, 6) is 0. The maximum Gasteiger partial charge on any atom is 0.295 e. The van der Waals surface area contributed by atoms with Gasteiger partial charge in [-0.25, -0.2) is 0 Å². The fourth-order valence-corrected chi connectivity index (χ4v) is 1.50. The van der Waals surface area contributed by atoms with Gasteiger partial charge >= 0.3 is 0 Å². The van der Waals surface area contributed by atoms with Crippen LogP contribution in [0.1, 0.15) is 18.4 Å². The number of rotatable bonds is 6. The number of para-hydroxylation sites is 1. The van der Waals surface area contributed by atoms with E-state index in [-0.39, 0.29) is 17.2 Å². The van der Waals surface area contributed by atoms with Crippen molar-refractivity contribution in [2.45, 2.75) is 19.8 Å². The molecule has 0 aliphatic heterocycles. The summed E-state index contributed by atoms with van der Waals surface area (Å²) in [6, 6.07) is 5.21. The number of unbranched alkanes of at least 4 members (excludes halogenated alkanes) is 1. The lowest BCUT2D eigenvalue weighted by Crippen LogP contribution is -2.05. The maximum atomic E-state index is 10.9. The Morgan fingerprint density at radius 1 is 1.44 bits per heavy atom. The van der Waals surface area contributed by atoms with Gasteiger partial charge in [0.1, 0.15) is 5.69 Å². The number of nitro benzene ring substituents is 1. The molecule has 2 N–H and O–H groups in total. The first-order chi connectivity index (χ1) is 7.66. The van der Waals surface area contributed by atoms with Crippen molar-refractivity contribution < 1.29 is 10.0 Å². The van der Waals surface area contributed by atoms with E-state index in [0.29, 0.717) is 24.2 Å². The summed E-state index contributed by atoms with van der Waals surface area (Å²) in [6.07, 6.45) is 1.49. The van der Waals surface area contributed by atoms with E-state index in [2.05, 4.69) is 5.32 Å². The van der Waals surface area contributed by atoms with Gasteiger partial charge in [0.2, 0.25) is 0 Å². The van der Waals surface area contributed by atoms with Crippen LogP contribution in [0.5, 0.6) is 0 Å². The molecule has 0 saturated heterocycles. The highest BCUT2D eigenvalue weighted by Crippen LogP contribution is 2.27. The van der Waals surface area contributed by atoms with Gasteiger partial charge in [-0.15, -0.1) is 0 Å². The van der Waals surface area contributed by atoms with Gasteiger partial charge in [0, 0.05) is 18.7 Å². The molecule has 1 rings (SSSR count). The first kappa shape index (κ1) is 12.4. The van der Waals surface area contributed by atoms with Crippen molar-refractivity contribution in [1.29, 1.82) is 0 Å². The fourth-order valence-electron chi connectivity index (χ4n) is 1.50. The van der Waals surface area contributed by atoms with Crippen molar-refractivity contribution in [3.05, 3.63) is 33.9 Å². The highest BCUT2D eigenvalue weighted by Gasteiger charge is 2.15. The molecule has 0 fully saturated rings. The standard InChI is InChI=1S/C11H16N2O3/c1-9-5-4-6-10(11(9)13(15)16)12-7-2-3-8-14/h4-6,12,14H,2-3,7-8H2,1H3. The van der Waals surface area contributed by atoms with Crippen molar-refractivity contribution in [2.24, 2.45) is 0 Å². The zero-order valence-electron chi connectivity index (χ0n) is 9.27. The number of nitrogens with zero attached hydrogens (tertiary/aromatic N) is 1. The quantitative estimate of drug-likeness (QED) is 0.440. The lowest BCUT2D eigenvalue weighted by Gasteiger charge is -2.07. The fraction of sp³-hybridized carbons (Fsp3) is 0.455. The van der Waals surface area contributed by atoms with E-state index in [1.54, 1.807) is 25.1 Å². The largest absolute Gasteiger partial charge is 0.396 e. The molecule has 1 aromatic rings. The van der Waals surface area contributed by atoms with Gasteiger partial charge in [-0.1, -0.05) is 12.1 Å². The Hall–Kier alpha value is -1.62. The maximum absolute atomic E-state index is 10.9. The van der Waals surface area contributed by atoms with Gasteiger partial charge in [0.15, 0.2) is 0 Å². The second-order valence-corrected chi connectivity index (χ2v) is 3.59. The Morgan fingerprint density at radius 3 is 2.81 bits per heavy atom. The van der Waals surface area contributed by atoms with E-state index in [9.17, 15) is 10.1 Å². The molecule has 16 heavy (non-hydrogen) atoms. The van der Waals surface area contributed by atoms with Crippen molar-refractivity contribution in [1.82, 2.24) is 0 Å². The first-order valence-electron chi connectivity index (χ1n) is 5.25. The molecule has 0 aromatic heterocycles. The molecule has 0 atom stereocenters. The van der Waals surface area contributed by atoms with Crippen LogP contribution in [0.3, 0.4) is 0 Å².